The van der Waals surface area contributed by atoms with Crippen LogP contribution in [0.15, 0.2) is 78.0 Å². The van der Waals surface area contributed by atoms with Crippen LogP contribution in [0.2, 0.25) is 0 Å². The largest absolute Gasteiger partial charge is 0.457 e. The van der Waals surface area contributed by atoms with Crippen LogP contribution >= 0.6 is 0 Å². The van der Waals surface area contributed by atoms with Gasteiger partial charge in [-0.2, -0.15) is 0 Å². The Bertz CT molecular complexity index is 808. The monoisotopic (exact) mass is 380 g/mol. The van der Waals surface area contributed by atoms with E-state index in [0.29, 0.717) is 24.4 Å². The number of para-hydroxylation sites is 1. The Morgan fingerprint density at radius 2 is 1.75 bits per heavy atom. The highest BCUT2D eigenvalue weighted by Gasteiger charge is 2.09. The van der Waals surface area contributed by atoms with E-state index in [9.17, 15) is 4.79 Å². The van der Waals surface area contributed by atoms with Crippen LogP contribution in [-0.4, -0.2) is 19.6 Å². The first kappa shape index (κ1) is 21.3. The van der Waals surface area contributed by atoms with E-state index >= 15 is 0 Å². The van der Waals surface area contributed by atoms with Crippen LogP contribution in [0.4, 0.5) is 0 Å². The van der Waals surface area contributed by atoms with Crippen molar-refractivity contribution in [1.29, 1.82) is 0 Å². The maximum atomic E-state index is 12.5. The maximum Gasteiger partial charge on any atom is 0.253 e. The van der Waals surface area contributed by atoms with Gasteiger partial charge in [-0.3, -0.25) is 4.79 Å². The molecule has 148 valence electrons. The van der Waals surface area contributed by atoms with Crippen molar-refractivity contribution in [3.63, 3.8) is 0 Å². The Morgan fingerprint density at radius 1 is 1.11 bits per heavy atom. The summed E-state index contributed by atoms with van der Waals surface area (Å²) in [6.07, 6.45) is 3.68. The van der Waals surface area contributed by atoms with Gasteiger partial charge in [0, 0.05) is 19.4 Å². The molecule has 3 N–H and O–H groups in total. The molecule has 2 aromatic carbocycles. The van der Waals surface area contributed by atoms with E-state index < -0.39 is 0 Å². The standard InChI is InChI=1S/C23H28N2O3/c1-17(16-27-3)9-14-22(18(2)24)23(26)25-15-19-10-12-21(13-11-19)28-20-7-5-4-6-8-20/h4-14,17H,15-16,24H2,1-3H3,(H,25,26)/b14-9-,22-18-. The number of carbonyl (C=O) groups excluding carboxylic acids is 1. The van der Waals surface area contributed by atoms with Crippen molar-refractivity contribution in [2.24, 2.45) is 11.7 Å². The molecular formula is C23H28N2O3. The number of methoxy groups -OCH3 is 1. The molecule has 0 aromatic heterocycles. The minimum atomic E-state index is -0.203. The van der Waals surface area contributed by atoms with Gasteiger partial charge in [0.2, 0.25) is 0 Å². The fourth-order valence-electron chi connectivity index (χ4n) is 2.54. The normalized spacial score (nSPS) is 13.1. The molecule has 1 unspecified atom stereocenters. The van der Waals surface area contributed by atoms with Crippen molar-refractivity contribution in [2.45, 2.75) is 20.4 Å². The zero-order valence-electron chi connectivity index (χ0n) is 16.6. The topological polar surface area (TPSA) is 73.6 Å². The number of rotatable bonds is 9. The molecular weight excluding hydrogens is 352 g/mol. The van der Waals surface area contributed by atoms with Gasteiger partial charge in [0.15, 0.2) is 0 Å². The van der Waals surface area contributed by atoms with Gasteiger partial charge in [-0.15, -0.1) is 0 Å². The Labute approximate surface area is 166 Å². The molecule has 0 bridgehead atoms. The summed E-state index contributed by atoms with van der Waals surface area (Å²) in [7, 11) is 1.65. The summed E-state index contributed by atoms with van der Waals surface area (Å²) < 4.78 is 10.9. The van der Waals surface area contributed by atoms with Crippen molar-refractivity contribution in [1.82, 2.24) is 5.32 Å². The molecule has 2 rings (SSSR count). The fourth-order valence-corrected chi connectivity index (χ4v) is 2.54. The first-order valence-corrected chi connectivity index (χ1v) is 9.23. The molecule has 0 radical (unpaired) electrons. The third kappa shape index (κ3) is 6.93. The van der Waals surface area contributed by atoms with Crippen molar-refractivity contribution in [3.8, 4) is 11.5 Å². The summed E-state index contributed by atoms with van der Waals surface area (Å²) in [5.41, 5.74) is 7.79. The molecule has 0 heterocycles. The summed E-state index contributed by atoms with van der Waals surface area (Å²) in [5.74, 6) is 1.52. The number of carbonyl (C=O) groups is 1. The minimum Gasteiger partial charge on any atom is -0.457 e. The van der Waals surface area contributed by atoms with Crippen molar-refractivity contribution in [2.75, 3.05) is 13.7 Å². The van der Waals surface area contributed by atoms with Crippen LogP contribution in [0.1, 0.15) is 19.4 Å². The van der Waals surface area contributed by atoms with Gasteiger partial charge < -0.3 is 20.5 Å². The maximum absolute atomic E-state index is 12.5. The first-order valence-electron chi connectivity index (χ1n) is 9.23. The number of benzene rings is 2. The van der Waals surface area contributed by atoms with E-state index in [0.717, 1.165) is 17.1 Å². The molecule has 0 aliphatic carbocycles. The zero-order valence-corrected chi connectivity index (χ0v) is 16.6. The average Bonchev–Trinajstić information content (AvgIpc) is 2.68. The molecule has 5 heteroatoms. The third-order valence-electron chi connectivity index (χ3n) is 4.05. The van der Waals surface area contributed by atoms with Crippen LogP contribution in [0.5, 0.6) is 11.5 Å². The quantitative estimate of drug-likeness (QED) is 0.506. The van der Waals surface area contributed by atoms with E-state index in [-0.39, 0.29) is 11.8 Å². The zero-order chi connectivity index (χ0) is 20.4. The van der Waals surface area contributed by atoms with Gasteiger partial charge in [-0.25, -0.2) is 0 Å². The van der Waals surface area contributed by atoms with Gasteiger partial charge in [-0.1, -0.05) is 49.4 Å². The number of ether oxygens (including phenoxy) is 2. The summed E-state index contributed by atoms with van der Waals surface area (Å²) in [6, 6.07) is 17.2. The highest BCUT2D eigenvalue weighted by Crippen LogP contribution is 2.21. The van der Waals surface area contributed by atoms with E-state index in [1.807, 2.05) is 67.6 Å². The molecule has 1 atom stereocenters. The summed E-state index contributed by atoms with van der Waals surface area (Å²) in [6.45, 7) is 4.73. The van der Waals surface area contributed by atoms with Crippen molar-refractivity contribution in [3.05, 3.63) is 83.6 Å². The molecule has 0 spiro atoms. The third-order valence-corrected chi connectivity index (χ3v) is 4.05. The second-order valence-corrected chi connectivity index (χ2v) is 6.63. The molecule has 5 nitrogen and oxygen atoms in total. The number of hydrogen-bond acceptors (Lipinski definition) is 4. The summed E-state index contributed by atoms with van der Waals surface area (Å²) in [5, 5.41) is 2.91. The SMILES string of the molecule is COCC(C)/C=C\C(C(=O)NCc1ccc(Oc2ccccc2)cc1)=C(/C)N. The van der Waals surface area contributed by atoms with Crippen LogP contribution in [0.25, 0.3) is 0 Å². The Morgan fingerprint density at radius 3 is 2.36 bits per heavy atom. The van der Waals surface area contributed by atoms with Gasteiger partial charge in [-0.05, 0) is 42.7 Å². The van der Waals surface area contributed by atoms with Crippen LogP contribution in [0.3, 0.4) is 0 Å². The Hall–Kier alpha value is -3.05. The van der Waals surface area contributed by atoms with E-state index in [1.54, 1.807) is 20.1 Å². The molecule has 0 saturated heterocycles. The number of nitrogens with one attached hydrogen (secondary N) is 1. The van der Waals surface area contributed by atoms with Crippen LogP contribution < -0.4 is 15.8 Å². The summed E-state index contributed by atoms with van der Waals surface area (Å²) >= 11 is 0. The molecule has 28 heavy (non-hydrogen) atoms. The lowest BCUT2D eigenvalue weighted by atomic mass is 10.1. The minimum absolute atomic E-state index is 0.198. The number of amides is 1. The number of nitrogens with two attached hydrogens (primary N) is 1. The average molecular weight is 380 g/mol. The van der Waals surface area contributed by atoms with E-state index in [1.165, 1.54) is 0 Å². The lowest BCUT2D eigenvalue weighted by Crippen LogP contribution is -2.25. The summed E-state index contributed by atoms with van der Waals surface area (Å²) in [4.78, 5) is 12.5. The van der Waals surface area contributed by atoms with Gasteiger partial charge in [0.25, 0.3) is 5.91 Å². The predicted molar refractivity (Wildman–Crippen MR) is 112 cm³/mol. The highest BCUT2D eigenvalue weighted by molar-refractivity contribution is 5.96. The molecule has 0 saturated carbocycles. The van der Waals surface area contributed by atoms with E-state index in [4.69, 9.17) is 15.2 Å². The first-order chi connectivity index (χ1) is 13.5. The number of allylic oxidation sites excluding steroid dienone is 1. The lowest BCUT2D eigenvalue weighted by Gasteiger charge is -2.10. The van der Waals surface area contributed by atoms with Crippen molar-refractivity contribution < 1.29 is 14.3 Å². The van der Waals surface area contributed by atoms with Crippen LogP contribution in [-0.2, 0) is 16.1 Å². The Kier molecular flexibility index (Phi) is 8.31. The molecule has 0 aliphatic rings. The molecule has 2 aromatic rings. The van der Waals surface area contributed by atoms with Gasteiger partial charge >= 0.3 is 0 Å². The molecule has 0 aliphatic heterocycles. The predicted octanol–water partition coefficient (Wildman–Crippen LogP) is 4.17. The second kappa shape index (κ2) is 10.9. The highest BCUT2D eigenvalue weighted by atomic mass is 16.5. The molecule has 0 fully saturated rings. The lowest BCUT2D eigenvalue weighted by molar-refractivity contribution is -0.117. The van der Waals surface area contributed by atoms with Crippen molar-refractivity contribution >= 4 is 5.91 Å². The van der Waals surface area contributed by atoms with Crippen LogP contribution in [0, 0.1) is 5.92 Å². The van der Waals surface area contributed by atoms with E-state index in [2.05, 4.69) is 5.32 Å². The Balaban J connectivity index is 1.92. The fraction of sp³-hybridized carbons (Fsp3) is 0.261. The van der Waals surface area contributed by atoms with Gasteiger partial charge in [0.05, 0.1) is 12.2 Å². The number of hydrogen-bond donors (Lipinski definition) is 2. The molecule has 1 amide bonds. The second-order valence-electron chi connectivity index (χ2n) is 6.63. The van der Waals surface area contributed by atoms with Gasteiger partial charge in [0.1, 0.15) is 11.5 Å². The smallest absolute Gasteiger partial charge is 0.253 e.